The third-order valence-corrected chi connectivity index (χ3v) is 6.21. The van der Waals surface area contributed by atoms with Gasteiger partial charge in [-0.25, -0.2) is 9.59 Å². The van der Waals surface area contributed by atoms with Crippen LogP contribution in [0.25, 0.3) is 11.1 Å². The predicted octanol–water partition coefficient (Wildman–Crippen LogP) is 2.78. The highest BCUT2D eigenvalue weighted by Gasteiger charge is 2.32. The average Bonchev–Trinajstić information content (AvgIpc) is 3.08. The number of rotatable bonds is 4. The summed E-state index contributed by atoms with van der Waals surface area (Å²) in [6, 6.07) is 7.41. The minimum atomic E-state index is -0.555. The maximum atomic E-state index is 13.0. The fraction of sp³-hybridized carbons (Fsp3) is 0.625. The number of likely N-dealkylation sites (tertiary alicyclic amines) is 2. The lowest BCUT2D eigenvalue weighted by atomic mass is 9.96. The Bertz CT molecular complexity index is 1050. The molecule has 33 heavy (non-hydrogen) atoms. The zero-order valence-electron chi connectivity index (χ0n) is 19.7. The summed E-state index contributed by atoms with van der Waals surface area (Å²) in [5.41, 5.74) is 0.800. The van der Waals surface area contributed by atoms with Crippen LogP contribution in [0, 0.1) is 5.92 Å². The van der Waals surface area contributed by atoms with E-state index in [0.717, 1.165) is 37.7 Å². The van der Waals surface area contributed by atoms with Gasteiger partial charge in [0.15, 0.2) is 5.58 Å². The van der Waals surface area contributed by atoms with E-state index in [1.54, 1.807) is 15.5 Å². The number of nitrogens with one attached hydrogen (secondary N) is 1. The molecule has 0 aliphatic carbocycles. The molecule has 0 spiro atoms. The van der Waals surface area contributed by atoms with Crippen LogP contribution >= 0.6 is 0 Å². The SMILES string of the molecule is CC(C)(C)OC(=O)N1CCC[C@H](C(=O)N[C@@H]2CCCN(Cn3c(=O)oc4ccccc43)C2)C1. The third kappa shape index (κ3) is 5.76. The summed E-state index contributed by atoms with van der Waals surface area (Å²) in [4.78, 5) is 41.5. The monoisotopic (exact) mass is 458 g/mol. The van der Waals surface area contributed by atoms with Crippen LogP contribution in [0.1, 0.15) is 46.5 Å². The number of carbonyl (C=O) groups excluding carboxylic acids is 2. The summed E-state index contributed by atoms with van der Waals surface area (Å²) in [5, 5.41) is 3.19. The number of hydrogen-bond acceptors (Lipinski definition) is 6. The third-order valence-electron chi connectivity index (χ3n) is 6.21. The first-order valence-corrected chi connectivity index (χ1v) is 11.8. The summed E-state index contributed by atoms with van der Waals surface area (Å²) >= 11 is 0. The Kier molecular flexibility index (Phi) is 6.78. The van der Waals surface area contributed by atoms with Gasteiger partial charge in [-0.2, -0.15) is 0 Å². The van der Waals surface area contributed by atoms with Gasteiger partial charge in [-0.05, 0) is 65.1 Å². The molecule has 9 nitrogen and oxygen atoms in total. The van der Waals surface area contributed by atoms with Crippen molar-refractivity contribution in [1.82, 2.24) is 19.7 Å². The number of oxazole rings is 1. The fourth-order valence-corrected chi connectivity index (χ4v) is 4.65. The summed E-state index contributed by atoms with van der Waals surface area (Å²) in [6.07, 6.45) is 3.01. The van der Waals surface area contributed by atoms with Gasteiger partial charge < -0.3 is 19.4 Å². The van der Waals surface area contributed by atoms with Gasteiger partial charge in [-0.15, -0.1) is 0 Å². The van der Waals surface area contributed by atoms with E-state index in [2.05, 4.69) is 10.2 Å². The molecule has 0 saturated carbocycles. The molecule has 9 heteroatoms. The van der Waals surface area contributed by atoms with Gasteiger partial charge >= 0.3 is 11.8 Å². The van der Waals surface area contributed by atoms with Crippen LogP contribution in [-0.4, -0.2) is 64.2 Å². The van der Waals surface area contributed by atoms with Crippen molar-refractivity contribution in [1.29, 1.82) is 0 Å². The molecule has 2 aliphatic rings. The summed E-state index contributed by atoms with van der Waals surface area (Å²) in [6.45, 7) is 8.47. The Balaban J connectivity index is 1.33. The molecule has 0 radical (unpaired) electrons. The Morgan fingerprint density at radius 2 is 1.88 bits per heavy atom. The lowest BCUT2D eigenvalue weighted by Crippen LogP contribution is -2.52. The largest absolute Gasteiger partial charge is 0.444 e. The Morgan fingerprint density at radius 3 is 2.67 bits per heavy atom. The van der Waals surface area contributed by atoms with Gasteiger partial charge in [0.05, 0.1) is 18.1 Å². The van der Waals surface area contributed by atoms with Crippen molar-refractivity contribution < 1.29 is 18.7 Å². The molecule has 2 fully saturated rings. The molecule has 1 aromatic carbocycles. The highest BCUT2D eigenvalue weighted by atomic mass is 16.6. The van der Waals surface area contributed by atoms with Crippen LogP contribution in [0.2, 0.25) is 0 Å². The molecule has 2 amide bonds. The van der Waals surface area contributed by atoms with Crippen LogP contribution in [0.4, 0.5) is 4.79 Å². The quantitative estimate of drug-likeness (QED) is 0.757. The van der Waals surface area contributed by atoms with E-state index in [4.69, 9.17) is 9.15 Å². The van der Waals surface area contributed by atoms with Crippen molar-refractivity contribution >= 4 is 23.1 Å². The summed E-state index contributed by atoms with van der Waals surface area (Å²) in [5.74, 6) is -0.616. The summed E-state index contributed by atoms with van der Waals surface area (Å²) in [7, 11) is 0. The second-order valence-corrected chi connectivity index (χ2v) is 10.1. The highest BCUT2D eigenvalue weighted by Crippen LogP contribution is 2.21. The van der Waals surface area contributed by atoms with Crippen molar-refractivity contribution in [2.24, 2.45) is 5.92 Å². The van der Waals surface area contributed by atoms with Crippen molar-refractivity contribution in [2.45, 2.75) is 64.8 Å². The van der Waals surface area contributed by atoms with Gasteiger partial charge in [0.2, 0.25) is 5.91 Å². The van der Waals surface area contributed by atoms with Crippen LogP contribution < -0.4 is 11.1 Å². The number of hydrogen-bond donors (Lipinski definition) is 1. The number of carbonyl (C=O) groups is 2. The molecular formula is C24H34N4O5. The lowest BCUT2D eigenvalue weighted by molar-refractivity contribution is -0.127. The van der Waals surface area contributed by atoms with Crippen LogP contribution in [-0.2, 0) is 16.2 Å². The number of aromatic nitrogens is 1. The number of para-hydroxylation sites is 2. The Morgan fingerprint density at radius 1 is 1.12 bits per heavy atom. The molecule has 2 aromatic rings. The normalized spacial score (nSPS) is 22.3. The number of piperidine rings is 2. The average molecular weight is 459 g/mol. The molecule has 180 valence electrons. The fourth-order valence-electron chi connectivity index (χ4n) is 4.65. The molecule has 1 N–H and O–H groups in total. The number of amides is 2. The lowest BCUT2D eigenvalue weighted by Gasteiger charge is -2.36. The van der Waals surface area contributed by atoms with Crippen molar-refractivity contribution in [3.8, 4) is 0 Å². The maximum absolute atomic E-state index is 13.0. The van der Waals surface area contributed by atoms with E-state index in [1.165, 1.54) is 0 Å². The number of fused-ring (bicyclic) bond motifs is 1. The minimum Gasteiger partial charge on any atom is -0.444 e. The van der Waals surface area contributed by atoms with E-state index < -0.39 is 5.60 Å². The van der Waals surface area contributed by atoms with Crippen LogP contribution in [0.15, 0.2) is 33.5 Å². The molecule has 2 atom stereocenters. The first kappa shape index (κ1) is 23.4. The van der Waals surface area contributed by atoms with E-state index >= 15 is 0 Å². The van der Waals surface area contributed by atoms with Crippen molar-refractivity contribution in [2.75, 3.05) is 26.2 Å². The predicted molar refractivity (Wildman–Crippen MR) is 124 cm³/mol. The zero-order valence-corrected chi connectivity index (χ0v) is 19.7. The molecule has 4 rings (SSSR count). The standard InChI is InChI=1S/C24H34N4O5/c1-24(2,3)33-22(30)27-13-6-8-17(14-27)21(29)25-18-9-7-12-26(15-18)16-28-19-10-4-5-11-20(19)32-23(28)31/h4-5,10-11,17-18H,6-9,12-16H2,1-3H3,(H,25,29)/t17-,18+/m0/s1. The van der Waals surface area contributed by atoms with Gasteiger partial charge in [0, 0.05) is 25.7 Å². The highest BCUT2D eigenvalue weighted by molar-refractivity contribution is 5.80. The van der Waals surface area contributed by atoms with Crippen LogP contribution in [0.3, 0.4) is 0 Å². The van der Waals surface area contributed by atoms with Gasteiger partial charge in [-0.3, -0.25) is 14.3 Å². The van der Waals surface area contributed by atoms with E-state index in [9.17, 15) is 14.4 Å². The molecule has 2 saturated heterocycles. The van der Waals surface area contributed by atoms with E-state index in [1.807, 2.05) is 39.0 Å². The summed E-state index contributed by atoms with van der Waals surface area (Å²) < 4.78 is 12.5. The number of nitrogens with zero attached hydrogens (tertiary/aromatic N) is 3. The Labute approximate surface area is 193 Å². The van der Waals surface area contributed by atoms with Crippen molar-refractivity contribution in [3.05, 3.63) is 34.8 Å². The molecule has 3 heterocycles. The van der Waals surface area contributed by atoms with Gasteiger partial charge in [0.1, 0.15) is 5.60 Å². The second kappa shape index (κ2) is 9.59. The van der Waals surface area contributed by atoms with Gasteiger partial charge in [0.25, 0.3) is 0 Å². The van der Waals surface area contributed by atoms with Gasteiger partial charge in [-0.1, -0.05) is 12.1 Å². The first-order valence-electron chi connectivity index (χ1n) is 11.8. The molecular weight excluding hydrogens is 424 g/mol. The topological polar surface area (TPSA) is 97.0 Å². The van der Waals surface area contributed by atoms with Crippen LogP contribution in [0.5, 0.6) is 0 Å². The Hall–Kier alpha value is -2.81. The second-order valence-electron chi connectivity index (χ2n) is 10.1. The van der Waals surface area contributed by atoms with E-state index in [0.29, 0.717) is 31.9 Å². The molecule has 0 unspecified atom stereocenters. The molecule has 0 bridgehead atoms. The van der Waals surface area contributed by atoms with E-state index in [-0.39, 0.29) is 29.7 Å². The minimum absolute atomic E-state index is 0.0111. The first-order chi connectivity index (χ1) is 15.7. The maximum Gasteiger partial charge on any atom is 0.421 e. The zero-order chi connectivity index (χ0) is 23.6. The smallest absolute Gasteiger partial charge is 0.421 e. The molecule has 1 aromatic heterocycles. The van der Waals surface area contributed by atoms with Crippen molar-refractivity contribution in [3.63, 3.8) is 0 Å². The number of ether oxygens (including phenoxy) is 1. The number of benzene rings is 1. The molecule has 2 aliphatic heterocycles.